The number of piperidine rings is 1. The molecule has 1 aliphatic rings. The van der Waals surface area contributed by atoms with Gasteiger partial charge in [0.05, 0.1) is 6.04 Å². The highest BCUT2D eigenvalue weighted by atomic mass is 16.6. The van der Waals surface area contributed by atoms with Crippen LogP contribution < -0.4 is 5.73 Å². The second kappa shape index (κ2) is 7.99. The Morgan fingerprint density at radius 2 is 1.74 bits per heavy atom. The Labute approximate surface area is 140 Å². The van der Waals surface area contributed by atoms with Crippen molar-refractivity contribution in [3.63, 3.8) is 0 Å². The molecule has 1 aliphatic heterocycles. The minimum atomic E-state index is -0.489. The lowest BCUT2D eigenvalue weighted by Crippen LogP contribution is -2.49. The average molecular weight is 327 g/mol. The summed E-state index contributed by atoms with van der Waals surface area (Å²) in [5, 5.41) is 0. The summed E-state index contributed by atoms with van der Waals surface area (Å²) in [6, 6.07) is -0.353. The van der Waals surface area contributed by atoms with Crippen molar-refractivity contribution < 1.29 is 14.3 Å². The predicted octanol–water partition coefficient (Wildman–Crippen LogP) is 2.22. The summed E-state index contributed by atoms with van der Waals surface area (Å²) in [6.07, 6.45) is 1.52. The second-order valence-electron chi connectivity index (χ2n) is 7.78. The third-order valence-corrected chi connectivity index (χ3v) is 4.02. The van der Waals surface area contributed by atoms with Crippen LogP contribution in [0.5, 0.6) is 0 Å². The molecule has 1 unspecified atom stereocenters. The molecular formula is C17H33N3O3. The zero-order valence-corrected chi connectivity index (χ0v) is 15.5. The fourth-order valence-corrected chi connectivity index (χ4v) is 2.72. The monoisotopic (exact) mass is 327 g/mol. The van der Waals surface area contributed by atoms with E-state index in [4.69, 9.17) is 10.5 Å². The van der Waals surface area contributed by atoms with Crippen molar-refractivity contribution in [3.8, 4) is 0 Å². The van der Waals surface area contributed by atoms with Gasteiger partial charge in [0.2, 0.25) is 5.91 Å². The van der Waals surface area contributed by atoms with Gasteiger partial charge in [-0.15, -0.1) is 0 Å². The van der Waals surface area contributed by atoms with Crippen LogP contribution in [0.4, 0.5) is 4.79 Å². The number of hydrogen-bond acceptors (Lipinski definition) is 4. The van der Waals surface area contributed by atoms with Gasteiger partial charge in [0, 0.05) is 25.7 Å². The Kier molecular flexibility index (Phi) is 6.86. The molecule has 0 aliphatic carbocycles. The summed E-state index contributed by atoms with van der Waals surface area (Å²) in [7, 11) is 0. The summed E-state index contributed by atoms with van der Waals surface area (Å²) in [4.78, 5) is 27.9. The molecule has 1 atom stereocenters. The molecule has 0 spiro atoms. The molecule has 1 saturated heterocycles. The lowest BCUT2D eigenvalue weighted by molar-refractivity contribution is -0.133. The van der Waals surface area contributed by atoms with Crippen LogP contribution >= 0.6 is 0 Å². The molecule has 0 aromatic carbocycles. The molecule has 0 aromatic rings. The van der Waals surface area contributed by atoms with Crippen LogP contribution in [0.15, 0.2) is 0 Å². The van der Waals surface area contributed by atoms with Crippen LogP contribution in [-0.2, 0) is 9.53 Å². The van der Waals surface area contributed by atoms with E-state index in [1.807, 2.05) is 39.5 Å². The van der Waals surface area contributed by atoms with Crippen LogP contribution in [0.2, 0.25) is 0 Å². The molecule has 2 amide bonds. The number of hydrogen-bond donors (Lipinski definition) is 1. The molecule has 1 fully saturated rings. The summed E-state index contributed by atoms with van der Waals surface area (Å²) in [6.45, 7) is 13.4. The van der Waals surface area contributed by atoms with E-state index in [-0.39, 0.29) is 18.0 Å². The molecule has 1 heterocycles. The SMILES string of the molecule is CC(N)C(=O)N1CCC(CN(C(=O)OC(C)(C)C)C(C)C)CC1. The topological polar surface area (TPSA) is 75.9 Å². The highest BCUT2D eigenvalue weighted by Crippen LogP contribution is 2.21. The number of ether oxygens (including phenoxy) is 1. The van der Waals surface area contributed by atoms with Crippen molar-refractivity contribution in [2.45, 2.75) is 72.1 Å². The second-order valence-corrected chi connectivity index (χ2v) is 7.78. The van der Waals surface area contributed by atoms with Crippen LogP contribution in [0.25, 0.3) is 0 Å². The highest BCUT2D eigenvalue weighted by molar-refractivity contribution is 5.81. The number of amides is 2. The molecule has 0 saturated carbocycles. The lowest BCUT2D eigenvalue weighted by atomic mass is 9.95. The third kappa shape index (κ3) is 6.37. The zero-order chi connectivity index (χ0) is 17.8. The van der Waals surface area contributed by atoms with Crippen molar-refractivity contribution in [3.05, 3.63) is 0 Å². The fraction of sp³-hybridized carbons (Fsp3) is 0.882. The Hall–Kier alpha value is -1.30. The summed E-state index contributed by atoms with van der Waals surface area (Å²) >= 11 is 0. The van der Waals surface area contributed by atoms with Gasteiger partial charge in [-0.1, -0.05) is 0 Å². The van der Waals surface area contributed by atoms with E-state index in [1.54, 1.807) is 11.8 Å². The number of carbonyl (C=O) groups excluding carboxylic acids is 2. The standard InChI is InChI=1S/C17H33N3O3/c1-12(2)20(16(22)23-17(4,5)6)11-14-7-9-19(10-8-14)15(21)13(3)18/h12-14H,7-11,18H2,1-6H3. The molecule has 2 N–H and O–H groups in total. The number of nitrogens with two attached hydrogens (primary N) is 1. The van der Waals surface area contributed by atoms with Crippen molar-refractivity contribution in [1.82, 2.24) is 9.80 Å². The van der Waals surface area contributed by atoms with Crippen LogP contribution in [0.3, 0.4) is 0 Å². The van der Waals surface area contributed by atoms with Crippen molar-refractivity contribution >= 4 is 12.0 Å². The first-order chi connectivity index (χ1) is 10.5. The molecule has 0 bridgehead atoms. The molecule has 6 nitrogen and oxygen atoms in total. The smallest absolute Gasteiger partial charge is 0.410 e. The maximum atomic E-state index is 12.4. The van der Waals surface area contributed by atoms with Crippen molar-refractivity contribution in [2.24, 2.45) is 11.7 Å². The van der Waals surface area contributed by atoms with E-state index in [9.17, 15) is 9.59 Å². The first-order valence-electron chi connectivity index (χ1n) is 8.55. The van der Waals surface area contributed by atoms with Crippen molar-refractivity contribution in [2.75, 3.05) is 19.6 Å². The van der Waals surface area contributed by atoms with Gasteiger partial charge in [-0.25, -0.2) is 4.79 Å². The number of likely N-dealkylation sites (tertiary alicyclic amines) is 1. The Morgan fingerprint density at radius 3 is 2.13 bits per heavy atom. The van der Waals surface area contributed by atoms with Crippen molar-refractivity contribution in [1.29, 1.82) is 0 Å². The largest absolute Gasteiger partial charge is 0.444 e. The van der Waals surface area contributed by atoms with Gasteiger partial charge in [-0.05, 0) is 60.3 Å². The number of nitrogens with zero attached hydrogens (tertiary/aromatic N) is 2. The van der Waals surface area contributed by atoms with Crippen LogP contribution in [0.1, 0.15) is 54.4 Å². The Bertz CT molecular complexity index is 408. The summed E-state index contributed by atoms with van der Waals surface area (Å²) < 4.78 is 5.50. The molecule has 23 heavy (non-hydrogen) atoms. The maximum Gasteiger partial charge on any atom is 0.410 e. The first-order valence-corrected chi connectivity index (χ1v) is 8.55. The lowest BCUT2D eigenvalue weighted by Gasteiger charge is -2.37. The summed E-state index contributed by atoms with van der Waals surface area (Å²) in [5.41, 5.74) is 5.17. The minimum Gasteiger partial charge on any atom is -0.444 e. The van der Waals surface area contributed by atoms with E-state index >= 15 is 0 Å². The summed E-state index contributed by atoms with van der Waals surface area (Å²) in [5.74, 6) is 0.401. The Balaban J connectivity index is 2.57. The first kappa shape index (κ1) is 19.7. The number of carbonyl (C=O) groups is 2. The minimum absolute atomic E-state index is 0.0105. The van der Waals surface area contributed by atoms with Gasteiger partial charge in [0.25, 0.3) is 0 Å². The van der Waals surface area contributed by atoms with E-state index in [1.165, 1.54) is 0 Å². The zero-order valence-electron chi connectivity index (χ0n) is 15.5. The van der Waals surface area contributed by atoms with E-state index in [2.05, 4.69) is 0 Å². The molecule has 0 radical (unpaired) electrons. The molecule has 6 heteroatoms. The molecule has 1 rings (SSSR count). The van der Waals surface area contributed by atoms with Gasteiger partial charge < -0.3 is 20.3 Å². The van der Waals surface area contributed by atoms with E-state index in [0.717, 1.165) is 12.8 Å². The van der Waals surface area contributed by atoms with E-state index in [0.29, 0.717) is 25.6 Å². The van der Waals surface area contributed by atoms with Gasteiger partial charge >= 0.3 is 6.09 Å². The molecule has 0 aromatic heterocycles. The fourth-order valence-electron chi connectivity index (χ4n) is 2.72. The average Bonchev–Trinajstić information content (AvgIpc) is 2.42. The molecule has 134 valence electrons. The van der Waals surface area contributed by atoms with E-state index < -0.39 is 11.6 Å². The molecular weight excluding hydrogens is 294 g/mol. The Morgan fingerprint density at radius 1 is 1.22 bits per heavy atom. The van der Waals surface area contributed by atoms with Gasteiger partial charge in [-0.3, -0.25) is 4.79 Å². The normalized spacial score (nSPS) is 18.0. The van der Waals surface area contributed by atoms with Gasteiger partial charge in [0.15, 0.2) is 0 Å². The predicted molar refractivity (Wildman–Crippen MR) is 91.0 cm³/mol. The van der Waals surface area contributed by atoms with Gasteiger partial charge in [-0.2, -0.15) is 0 Å². The third-order valence-electron chi connectivity index (χ3n) is 4.02. The quantitative estimate of drug-likeness (QED) is 0.859. The number of rotatable bonds is 4. The van der Waals surface area contributed by atoms with Crippen LogP contribution in [0, 0.1) is 5.92 Å². The maximum absolute atomic E-state index is 12.4. The highest BCUT2D eigenvalue weighted by Gasteiger charge is 2.30. The van der Waals surface area contributed by atoms with Gasteiger partial charge in [0.1, 0.15) is 5.60 Å². The van der Waals surface area contributed by atoms with Crippen LogP contribution in [-0.4, -0.2) is 59.1 Å².